The fourth-order valence-corrected chi connectivity index (χ4v) is 7.38. The van der Waals surface area contributed by atoms with Gasteiger partial charge in [0.2, 0.25) is 0 Å². The van der Waals surface area contributed by atoms with Crippen LogP contribution in [0.4, 0.5) is 0 Å². The Hall–Kier alpha value is -3.30. The van der Waals surface area contributed by atoms with Crippen LogP contribution in [0.2, 0.25) is 0 Å². The van der Waals surface area contributed by atoms with Crippen molar-refractivity contribution in [3.63, 3.8) is 0 Å². The molecule has 0 aromatic rings. The summed E-state index contributed by atoms with van der Waals surface area (Å²) in [5.41, 5.74) is 0. The molecule has 6 atom stereocenters. The molecule has 50 heavy (non-hydrogen) atoms. The molecule has 5 fully saturated rings. The van der Waals surface area contributed by atoms with Gasteiger partial charge >= 0.3 is 0 Å². The monoisotopic (exact) mass is 700 g/mol. The number of hydrogen-bond acceptors (Lipinski definition) is 10. The molecule has 0 saturated heterocycles. The van der Waals surface area contributed by atoms with Gasteiger partial charge in [-0.05, 0) is 109 Å². The van der Waals surface area contributed by atoms with E-state index in [-0.39, 0.29) is 59.2 Å². The minimum Gasteiger partial charge on any atom is -0.303 e. The van der Waals surface area contributed by atoms with Gasteiger partial charge in [0.15, 0.2) is 0 Å². The van der Waals surface area contributed by atoms with E-state index in [4.69, 9.17) is 0 Å². The molecule has 5 aliphatic carbocycles. The van der Waals surface area contributed by atoms with Gasteiger partial charge in [-0.2, -0.15) is 0 Å². The first-order valence-electron chi connectivity index (χ1n) is 18.9. The van der Waals surface area contributed by atoms with Crippen LogP contribution in [0.1, 0.15) is 128 Å². The first-order chi connectivity index (χ1) is 24.3. The van der Waals surface area contributed by atoms with E-state index in [1.807, 2.05) is 0 Å². The Morgan fingerprint density at radius 1 is 0.200 bits per heavy atom. The average molecular weight is 701 g/mol. The molecule has 0 bridgehead atoms. The third-order valence-corrected chi connectivity index (χ3v) is 10.8. The number of carbonyl (C=O) groups is 10. The first-order valence-corrected chi connectivity index (χ1v) is 18.9. The summed E-state index contributed by atoms with van der Waals surface area (Å²) in [7, 11) is 0. The minimum atomic E-state index is 0.156. The molecule has 0 N–H and O–H groups in total. The van der Waals surface area contributed by atoms with Crippen LogP contribution >= 0.6 is 0 Å². The Bertz CT molecular complexity index is 830. The second-order valence-electron chi connectivity index (χ2n) is 14.8. The maximum absolute atomic E-state index is 10.3. The molecule has 0 spiro atoms. The van der Waals surface area contributed by atoms with E-state index in [0.717, 1.165) is 191 Å². The molecule has 0 aliphatic heterocycles. The summed E-state index contributed by atoms with van der Waals surface area (Å²) in [6.45, 7) is 0. The lowest BCUT2D eigenvalue weighted by molar-refractivity contribution is -0.116. The summed E-state index contributed by atoms with van der Waals surface area (Å²) in [4.78, 5) is 103. The highest BCUT2D eigenvalue weighted by molar-refractivity contribution is 5.60. The van der Waals surface area contributed by atoms with Crippen molar-refractivity contribution in [3.05, 3.63) is 0 Å². The zero-order chi connectivity index (χ0) is 37.0. The Balaban J connectivity index is 0.000000312. The Kier molecular flexibility index (Phi) is 25.4. The van der Waals surface area contributed by atoms with Gasteiger partial charge in [-0.3, -0.25) is 0 Å². The summed E-state index contributed by atoms with van der Waals surface area (Å²) in [5.74, 6) is 1.87. The predicted octanol–water partition coefficient (Wildman–Crippen LogP) is 5.95. The normalized spacial score (nSPS) is 33.2. The standard InChI is InChI=1S/5C8H12O2/c2*9-5-7-1-2-8(6-10)4-3-7;3*9-5-7-2-1-3-8(4-7)6-10/h5*5-8H,1-4H2. The van der Waals surface area contributed by atoms with Crippen LogP contribution in [0.5, 0.6) is 0 Å². The largest absolute Gasteiger partial charge is 0.303 e. The average Bonchev–Trinajstić information content (AvgIpc) is 3.21. The van der Waals surface area contributed by atoms with Crippen molar-refractivity contribution < 1.29 is 47.9 Å². The SMILES string of the molecule is O=CC1CCC(C=O)CC1.O=CC1CCC(C=O)CC1.O=CC1CCCC(C=O)C1.O=CC1CCCC(C=O)C1.O=CC1CCCC(C=O)C1. The van der Waals surface area contributed by atoms with E-state index in [2.05, 4.69) is 0 Å². The van der Waals surface area contributed by atoms with Crippen LogP contribution in [0.25, 0.3) is 0 Å². The smallest absolute Gasteiger partial charge is 0.123 e. The zero-order valence-electron chi connectivity index (χ0n) is 29.8. The quantitative estimate of drug-likeness (QED) is 0.248. The molecular formula is C40H60O10. The van der Waals surface area contributed by atoms with E-state index >= 15 is 0 Å². The van der Waals surface area contributed by atoms with Crippen LogP contribution in [0.15, 0.2) is 0 Å². The molecule has 10 heteroatoms. The fourth-order valence-electron chi connectivity index (χ4n) is 7.38. The lowest BCUT2D eigenvalue weighted by Crippen LogP contribution is -2.17. The topological polar surface area (TPSA) is 171 Å². The predicted molar refractivity (Wildman–Crippen MR) is 188 cm³/mol. The van der Waals surface area contributed by atoms with Crippen molar-refractivity contribution in [2.45, 2.75) is 128 Å². The third kappa shape index (κ3) is 19.2. The maximum atomic E-state index is 10.3. The lowest BCUT2D eigenvalue weighted by Gasteiger charge is -2.20. The summed E-state index contributed by atoms with van der Waals surface area (Å²) >= 11 is 0. The van der Waals surface area contributed by atoms with Gasteiger partial charge < -0.3 is 47.9 Å². The number of hydrogen-bond donors (Lipinski definition) is 0. The molecule has 0 amide bonds. The van der Waals surface area contributed by atoms with Gasteiger partial charge in [-0.1, -0.05) is 19.3 Å². The third-order valence-electron chi connectivity index (χ3n) is 10.8. The molecule has 5 rings (SSSR count). The molecule has 10 nitrogen and oxygen atoms in total. The van der Waals surface area contributed by atoms with Gasteiger partial charge in [-0.15, -0.1) is 0 Å². The number of carbonyl (C=O) groups excluding carboxylic acids is 10. The number of aldehydes is 10. The fraction of sp³-hybridized carbons (Fsp3) is 0.750. The van der Waals surface area contributed by atoms with E-state index in [1.165, 1.54) is 0 Å². The Morgan fingerprint density at radius 3 is 0.460 bits per heavy atom. The maximum Gasteiger partial charge on any atom is 0.123 e. The van der Waals surface area contributed by atoms with Crippen LogP contribution in [0.3, 0.4) is 0 Å². The van der Waals surface area contributed by atoms with E-state index in [0.29, 0.717) is 0 Å². The number of rotatable bonds is 10. The van der Waals surface area contributed by atoms with Crippen LogP contribution in [-0.4, -0.2) is 62.9 Å². The molecule has 6 unspecified atom stereocenters. The summed E-state index contributed by atoms with van der Waals surface area (Å²) in [6, 6.07) is 0. The van der Waals surface area contributed by atoms with Crippen molar-refractivity contribution in [2.24, 2.45) is 59.2 Å². The second-order valence-corrected chi connectivity index (χ2v) is 14.8. The summed E-state index contributed by atoms with van der Waals surface area (Å²) < 4.78 is 0. The minimum absolute atomic E-state index is 0.156. The van der Waals surface area contributed by atoms with Gasteiger partial charge in [0.05, 0.1) is 0 Å². The highest BCUT2D eigenvalue weighted by Gasteiger charge is 2.23. The lowest BCUT2D eigenvalue weighted by atomic mass is 9.83. The van der Waals surface area contributed by atoms with E-state index in [1.54, 1.807) is 0 Å². The highest BCUT2D eigenvalue weighted by Crippen LogP contribution is 2.28. The highest BCUT2D eigenvalue weighted by atomic mass is 16.1. The molecule has 0 aromatic heterocycles. The summed E-state index contributed by atoms with van der Waals surface area (Å²) in [5, 5.41) is 0. The zero-order valence-corrected chi connectivity index (χ0v) is 29.8. The van der Waals surface area contributed by atoms with Gasteiger partial charge in [0.25, 0.3) is 0 Å². The van der Waals surface area contributed by atoms with Crippen LogP contribution < -0.4 is 0 Å². The van der Waals surface area contributed by atoms with Crippen molar-refractivity contribution in [1.29, 1.82) is 0 Å². The van der Waals surface area contributed by atoms with Crippen LogP contribution in [0, 0.1) is 59.2 Å². The van der Waals surface area contributed by atoms with Crippen molar-refractivity contribution in [3.8, 4) is 0 Å². The van der Waals surface area contributed by atoms with Gasteiger partial charge in [0.1, 0.15) is 62.9 Å². The Morgan fingerprint density at radius 2 is 0.340 bits per heavy atom. The molecule has 5 aliphatic rings. The molecule has 0 radical (unpaired) electrons. The first kappa shape index (κ1) is 44.7. The molecule has 0 aromatic carbocycles. The summed E-state index contributed by atoms with van der Waals surface area (Å²) in [6.07, 6.45) is 28.6. The van der Waals surface area contributed by atoms with Crippen molar-refractivity contribution in [2.75, 3.05) is 0 Å². The molecule has 0 heterocycles. The van der Waals surface area contributed by atoms with Gasteiger partial charge in [0, 0.05) is 59.2 Å². The van der Waals surface area contributed by atoms with E-state index < -0.39 is 0 Å². The Labute approximate surface area is 298 Å². The van der Waals surface area contributed by atoms with Gasteiger partial charge in [-0.25, -0.2) is 0 Å². The van der Waals surface area contributed by atoms with Crippen LogP contribution in [-0.2, 0) is 47.9 Å². The van der Waals surface area contributed by atoms with Crippen molar-refractivity contribution >= 4 is 62.9 Å². The van der Waals surface area contributed by atoms with E-state index in [9.17, 15) is 47.9 Å². The molecular weight excluding hydrogens is 640 g/mol. The molecule has 5 saturated carbocycles. The molecule has 280 valence electrons. The second kappa shape index (κ2) is 28.4. The van der Waals surface area contributed by atoms with Crippen molar-refractivity contribution in [1.82, 2.24) is 0 Å².